The summed E-state index contributed by atoms with van der Waals surface area (Å²) < 4.78 is 48.7. The fourth-order valence-corrected chi connectivity index (χ4v) is 1.48. The summed E-state index contributed by atoms with van der Waals surface area (Å²) >= 11 is 0. The summed E-state index contributed by atoms with van der Waals surface area (Å²) in [5.74, 6) is -3.85. The van der Waals surface area contributed by atoms with Crippen LogP contribution in [-0.2, 0) is 0 Å². The minimum atomic E-state index is -3.85. The molecular weight excluding hydrogens is 186 g/mol. The molecule has 0 bridgehead atoms. The van der Waals surface area contributed by atoms with Gasteiger partial charge in [0.25, 0.3) is 0 Å². The van der Waals surface area contributed by atoms with E-state index in [4.69, 9.17) is 0 Å². The Labute approximate surface area is 74.7 Å². The Morgan fingerprint density at radius 2 is 1.62 bits per heavy atom. The molecule has 0 amide bonds. The van der Waals surface area contributed by atoms with Crippen molar-refractivity contribution in [2.45, 2.75) is 31.6 Å². The maximum Gasteiger partial charge on any atom is 0.319 e. The molecule has 1 saturated heterocycles. The van der Waals surface area contributed by atoms with Crippen LogP contribution in [0.2, 0.25) is 0 Å². The Morgan fingerprint density at radius 3 is 2.08 bits per heavy atom. The summed E-state index contributed by atoms with van der Waals surface area (Å²) in [5, 5.41) is 0. The lowest BCUT2D eigenvalue weighted by Crippen LogP contribution is -2.43. The summed E-state index contributed by atoms with van der Waals surface area (Å²) in [4.78, 5) is 1.41. The van der Waals surface area contributed by atoms with E-state index in [1.165, 1.54) is 4.90 Å². The highest BCUT2D eigenvalue weighted by atomic mass is 19.3. The van der Waals surface area contributed by atoms with Crippen LogP contribution in [-0.4, -0.2) is 36.9 Å². The molecule has 0 unspecified atom stereocenters. The number of alkyl halides is 4. The first kappa shape index (κ1) is 10.8. The minimum Gasteiger partial charge on any atom is -0.297 e. The van der Waals surface area contributed by atoms with E-state index in [0.29, 0.717) is 13.1 Å². The lowest BCUT2D eigenvalue weighted by molar-refractivity contribution is -0.143. The van der Waals surface area contributed by atoms with Gasteiger partial charge in [0.15, 0.2) is 0 Å². The average molecular weight is 199 g/mol. The van der Waals surface area contributed by atoms with Crippen molar-refractivity contribution in [1.82, 2.24) is 4.90 Å². The van der Waals surface area contributed by atoms with Crippen LogP contribution in [0.3, 0.4) is 0 Å². The Bertz CT molecular complexity index is 154. The van der Waals surface area contributed by atoms with Crippen LogP contribution < -0.4 is 0 Å². The second-order valence-corrected chi connectivity index (χ2v) is 3.40. The smallest absolute Gasteiger partial charge is 0.297 e. The van der Waals surface area contributed by atoms with E-state index < -0.39 is 18.9 Å². The first-order chi connectivity index (χ1) is 6.02. The van der Waals surface area contributed by atoms with Crippen LogP contribution in [0.25, 0.3) is 0 Å². The lowest BCUT2D eigenvalue weighted by atomic mass is 10.1. The molecule has 0 aliphatic carbocycles. The summed E-state index contributed by atoms with van der Waals surface area (Å²) in [7, 11) is 0. The van der Waals surface area contributed by atoms with E-state index in [0.717, 1.165) is 19.3 Å². The largest absolute Gasteiger partial charge is 0.319 e. The predicted molar refractivity (Wildman–Crippen MR) is 41.2 cm³/mol. The number of hydrogen-bond donors (Lipinski definition) is 0. The molecule has 1 fully saturated rings. The highest BCUT2D eigenvalue weighted by Crippen LogP contribution is 2.25. The van der Waals surface area contributed by atoms with Gasteiger partial charge in [-0.2, -0.15) is 8.78 Å². The monoisotopic (exact) mass is 199 g/mol. The fourth-order valence-electron chi connectivity index (χ4n) is 1.48. The van der Waals surface area contributed by atoms with E-state index in [9.17, 15) is 17.6 Å². The number of halogens is 4. The number of piperidine rings is 1. The number of hydrogen-bond acceptors (Lipinski definition) is 1. The van der Waals surface area contributed by atoms with Crippen molar-refractivity contribution in [1.29, 1.82) is 0 Å². The van der Waals surface area contributed by atoms with Gasteiger partial charge in [-0.25, -0.2) is 8.78 Å². The third-order valence-electron chi connectivity index (χ3n) is 2.20. The number of nitrogens with zero attached hydrogens (tertiary/aromatic N) is 1. The Hall–Kier alpha value is -0.320. The van der Waals surface area contributed by atoms with Crippen LogP contribution in [0.5, 0.6) is 0 Å². The molecule has 0 saturated carbocycles. The van der Waals surface area contributed by atoms with Crippen LogP contribution in [0, 0.1) is 0 Å². The van der Waals surface area contributed by atoms with E-state index >= 15 is 0 Å². The van der Waals surface area contributed by atoms with Crippen molar-refractivity contribution >= 4 is 0 Å². The van der Waals surface area contributed by atoms with Crippen molar-refractivity contribution < 1.29 is 17.6 Å². The van der Waals surface area contributed by atoms with Gasteiger partial charge in [0.1, 0.15) is 0 Å². The molecule has 0 aromatic carbocycles. The van der Waals surface area contributed by atoms with E-state index in [2.05, 4.69) is 0 Å². The Kier molecular flexibility index (Phi) is 3.53. The molecule has 1 nitrogen and oxygen atoms in total. The standard InChI is InChI=1S/C8H13F4N/c9-7(10)8(11,12)6-13-4-2-1-3-5-13/h7H,1-6H2. The molecule has 1 aliphatic heterocycles. The zero-order valence-corrected chi connectivity index (χ0v) is 7.28. The third-order valence-corrected chi connectivity index (χ3v) is 2.20. The van der Waals surface area contributed by atoms with Gasteiger partial charge in [0, 0.05) is 0 Å². The molecule has 0 atom stereocenters. The van der Waals surface area contributed by atoms with Gasteiger partial charge in [-0.1, -0.05) is 6.42 Å². The second-order valence-electron chi connectivity index (χ2n) is 3.40. The second kappa shape index (κ2) is 4.26. The zero-order valence-electron chi connectivity index (χ0n) is 7.28. The topological polar surface area (TPSA) is 3.24 Å². The van der Waals surface area contributed by atoms with Crippen molar-refractivity contribution in [3.8, 4) is 0 Å². The summed E-state index contributed by atoms with van der Waals surface area (Å²) in [6.45, 7) is 0.231. The van der Waals surface area contributed by atoms with Gasteiger partial charge >= 0.3 is 12.3 Å². The zero-order chi connectivity index (χ0) is 9.90. The molecule has 0 spiro atoms. The quantitative estimate of drug-likeness (QED) is 0.631. The molecule has 1 rings (SSSR count). The Balaban J connectivity index is 2.37. The SMILES string of the molecule is FC(F)C(F)(F)CN1CCCCC1. The molecule has 13 heavy (non-hydrogen) atoms. The van der Waals surface area contributed by atoms with Gasteiger partial charge in [-0.3, -0.25) is 4.90 Å². The Morgan fingerprint density at radius 1 is 1.08 bits per heavy atom. The summed E-state index contributed by atoms with van der Waals surface area (Å²) in [5.41, 5.74) is 0. The maximum absolute atomic E-state index is 12.5. The summed E-state index contributed by atoms with van der Waals surface area (Å²) in [6.07, 6.45) is -0.871. The first-order valence-corrected chi connectivity index (χ1v) is 4.41. The van der Waals surface area contributed by atoms with Gasteiger partial charge in [0.2, 0.25) is 0 Å². The highest BCUT2D eigenvalue weighted by molar-refractivity contribution is 4.76. The predicted octanol–water partition coefficient (Wildman–Crippen LogP) is 2.37. The van der Waals surface area contributed by atoms with Crippen molar-refractivity contribution in [3.05, 3.63) is 0 Å². The maximum atomic E-state index is 12.5. The van der Waals surface area contributed by atoms with Crippen LogP contribution >= 0.6 is 0 Å². The van der Waals surface area contributed by atoms with Crippen molar-refractivity contribution in [2.24, 2.45) is 0 Å². The molecule has 1 aliphatic rings. The molecule has 0 aromatic rings. The third kappa shape index (κ3) is 3.14. The van der Waals surface area contributed by atoms with Gasteiger partial charge < -0.3 is 0 Å². The lowest BCUT2D eigenvalue weighted by Gasteiger charge is -2.29. The van der Waals surface area contributed by atoms with Gasteiger partial charge in [-0.05, 0) is 25.9 Å². The van der Waals surface area contributed by atoms with Crippen LogP contribution in [0.15, 0.2) is 0 Å². The molecule has 1 heterocycles. The first-order valence-electron chi connectivity index (χ1n) is 4.41. The van der Waals surface area contributed by atoms with Crippen molar-refractivity contribution in [2.75, 3.05) is 19.6 Å². The average Bonchev–Trinajstić information content (AvgIpc) is 2.05. The molecule has 0 radical (unpaired) electrons. The van der Waals surface area contributed by atoms with E-state index in [1.54, 1.807) is 0 Å². The molecular formula is C8H13F4N. The van der Waals surface area contributed by atoms with Gasteiger partial charge in [-0.15, -0.1) is 0 Å². The van der Waals surface area contributed by atoms with E-state index in [-0.39, 0.29) is 0 Å². The normalized spacial score (nSPS) is 21.0. The molecule has 0 aromatic heterocycles. The highest BCUT2D eigenvalue weighted by Gasteiger charge is 2.42. The van der Waals surface area contributed by atoms with Crippen LogP contribution in [0.1, 0.15) is 19.3 Å². The van der Waals surface area contributed by atoms with Gasteiger partial charge in [0.05, 0.1) is 6.54 Å². The fraction of sp³-hybridized carbons (Fsp3) is 1.00. The van der Waals surface area contributed by atoms with Crippen LogP contribution in [0.4, 0.5) is 17.6 Å². The molecule has 5 heteroatoms. The number of likely N-dealkylation sites (tertiary alicyclic amines) is 1. The van der Waals surface area contributed by atoms with E-state index in [1.807, 2.05) is 0 Å². The summed E-state index contributed by atoms with van der Waals surface area (Å²) in [6, 6.07) is 0. The molecule has 78 valence electrons. The number of rotatable bonds is 3. The van der Waals surface area contributed by atoms with Crippen molar-refractivity contribution in [3.63, 3.8) is 0 Å². The minimum absolute atomic E-state index is 0.516. The molecule has 0 N–H and O–H groups in total.